The molecule has 0 aliphatic heterocycles. The first-order chi connectivity index (χ1) is 8.72. The fourth-order valence-corrected chi connectivity index (χ4v) is 2.12. The van der Waals surface area contributed by atoms with E-state index in [1.54, 1.807) is 0 Å². The van der Waals surface area contributed by atoms with E-state index in [-0.39, 0.29) is 5.78 Å². The maximum Gasteiger partial charge on any atom is 0.162 e. The van der Waals surface area contributed by atoms with Crippen LogP contribution in [0.15, 0.2) is 54.6 Å². The maximum atomic E-state index is 11.7. The summed E-state index contributed by atoms with van der Waals surface area (Å²) in [6.45, 7) is 4.07. The summed E-state index contributed by atoms with van der Waals surface area (Å²) in [5.41, 5.74) is 3.29. The van der Waals surface area contributed by atoms with E-state index >= 15 is 0 Å². The molecule has 92 valence electrons. The molecule has 0 aromatic heterocycles. The highest BCUT2D eigenvalue weighted by Crippen LogP contribution is 2.24. The van der Waals surface area contributed by atoms with Crippen LogP contribution >= 0.6 is 0 Å². The van der Waals surface area contributed by atoms with Crippen LogP contribution in [0.2, 0.25) is 0 Å². The number of carbonyl (C=O) groups excluding carboxylic acids is 1. The van der Waals surface area contributed by atoms with Crippen molar-refractivity contribution in [2.75, 3.05) is 0 Å². The molecule has 0 bridgehead atoms. The summed E-state index contributed by atoms with van der Waals surface area (Å²) in [5, 5.41) is 0. The summed E-state index contributed by atoms with van der Waals surface area (Å²) >= 11 is 0. The lowest BCUT2D eigenvalue weighted by molar-refractivity contribution is 0.0988. The Morgan fingerprint density at radius 3 is 2.33 bits per heavy atom. The molecule has 0 aliphatic rings. The molecule has 0 fully saturated rings. The van der Waals surface area contributed by atoms with E-state index in [0.717, 1.165) is 5.56 Å². The summed E-state index contributed by atoms with van der Waals surface area (Å²) in [6, 6.07) is 18.3. The first-order valence-corrected chi connectivity index (χ1v) is 6.40. The van der Waals surface area contributed by atoms with Crippen LogP contribution in [-0.4, -0.2) is 5.78 Å². The Kier molecular flexibility index (Phi) is 3.93. The quantitative estimate of drug-likeness (QED) is 0.720. The van der Waals surface area contributed by atoms with Gasteiger partial charge < -0.3 is 0 Å². The van der Waals surface area contributed by atoms with Crippen LogP contribution in [0, 0.1) is 0 Å². The minimum Gasteiger partial charge on any atom is -0.294 e. The highest BCUT2D eigenvalue weighted by atomic mass is 16.1. The minimum absolute atomic E-state index is 0.206. The fourth-order valence-electron chi connectivity index (χ4n) is 2.12. The molecule has 1 heteroatoms. The summed E-state index contributed by atoms with van der Waals surface area (Å²) in [4.78, 5) is 11.7. The second-order valence-electron chi connectivity index (χ2n) is 4.53. The number of carbonyl (C=O) groups is 1. The molecule has 2 aromatic rings. The van der Waals surface area contributed by atoms with Gasteiger partial charge in [0.2, 0.25) is 0 Å². The van der Waals surface area contributed by atoms with Crippen molar-refractivity contribution >= 4 is 5.78 Å². The Balaban J connectivity index is 2.31. The zero-order valence-corrected chi connectivity index (χ0v) is 10.9. The molecule has 2 rings (SSSR count). The number of benzene rings is 2. The normalized spacial score (nSPS) is 12.1. The van der Waals surface area contributed by atoms with Gasteiger partial charge in [-0.2, -0.15) is 0 Å². The zero-order chi connectivity index (χ0) is 13.0. The van der Waals surface area contributed by atoms with Gasteiger partial charge in [-0.3, -0.25) is 4.79 Å². The van der Waals surface area contributed by atoms with Crippen LogP contribution < -0.4 is 0 Å². The smallest absolute Gasteiger partial charge is 0.162 e. The fraction of sp³-hybridized carbons (Fsp3) is 0.235. The Bertz CT molecular complexity index is 528. The van der Waals surface area contributed by atoms with Crippen LogP contribution in [0.1, 0.15) is 47.7 Å². The van der Waals surface area contributed by atoms with E-state index in [4.69, 9.17) is 0 Å². The first-order valence-electron chi connectivity index (χ1n) is 6.40. The van der Waals surface area contributed by atoms with Gasteiger partial charge in [-0.1, -0.05) is 62.4 Å². The van der Waals surface area contributed by atoms with Crippen LogP contribution in [-0.2, 0) is 0 Å². The SMILES string of the molecule is CCC(=O)c1cccc(C(C)c2ccccc2)c1. The van der Waals surface area contributed by atoms with E-state index in [1.165, 1.54) is 11.1 Å². The molecule has 0 saturated carbocycles. The average Bonchev–Trinajstić information content (AvgIpc) is 2.46. The van der Waals surface area contributed by atoms with Gasteiger partial charge in [-0.15, -0.1) is 0 Å². The Labute approximate surface area is 108 Å². The Morgan fingerprint density at radius 2 is 1.67 bits per heavy atom. The van der Waals surface area contributed by atoms with Crippen molar-refractivity contribution in [2.24, 2.45) is 0 Å². The number of hydrogen-bond donors (Lipinski definition) is 0. The number of rotatable bonds is 4. The van der Waals surface area contributed by atoms with Crippen LogP contribution in [0.3, 0.4) is 0 Å². The monoisotopic (exact) mass is 238 g/mol. The lowest BCUT2D eigenvalue weighted by Crippen LogP contribution is -2.00. The van der Waals surface area contributed by atoms with Crippen molar-refractivity contribution < 1.29 is 4.79 Å². The number of hydrogen-bond acceptors (Lipinski definition) is 1. The number of Topliss-reactive ketones (excluding diaryl/α,β-unsaturated/α-hetero) is 1. The molecular weight excluding hydrogens is 220 g/mol. The lowest BCUT2D eigenvalue weighted by Gasteiger charge is -2.13. The predicted molar refractivity (Wildman–Crippen MR) is 75.0 cm³/mol. The van der Waals surface area contributed by atoms with Gasteiger partial charge in [-0.05, 0) is 17.2 Å². The molecule has 1 atom stereocenters. The van der Waals surface area contributed by atoms with Gasteiger partial charge >= 0.3 is 0 Å². The van der Waals surface area contributed by atoms with Crippen molar-refractivity contribution in [1.82, 2.24) is 0 Å². The molecular formula is C17H18O. The average molecular weight is 238 g/mol. The van der Waals surface area contributed by atoms with Gasteiger partial charge in [0, 0.05) is 17.9 Å². The number of ketones is 1. The molecule has 0 radical (unpaired) electrons. The van der Waals surface area contributed by atoms with E-state index in [0.29, 0.717) is 12.3 Å². The second kappa shape index (κ2) is 5.63. The van der Waals surface area contributed by atoms with E-state index in [9.17, 15) is 4.79 Å². The lowest BCUT2D eigenvalue weighted by atomic mass is 9.91. The molecule has 1 unspecified atom stereocenters. The van der Waals surface area contributed by atoms with Crippen LogP contribution in [0.5, 0.6) is 0 Å². The Hall–Kier alpha value is -1.89. The summed E-state index contributed by atoms with van der Waals surface area (Å²) in [7, 11) is 0. The van der Waals surface area contributed by atoms with Gasteiger partial charge in [0.25, 0.3) is 0 Å². The van der Waals surface area contributed by atoms with Gasteiger partial charge in [0.15, 0.2) is 5.78 Å². The molecule has 18 heavy (non-hydrogen) atoms. The molecule has 0 amide bonds. The highest BCUT2D eigenvalue weighted by Gasteiger charge is 2.10. The molecule has 0 aliphatic carbocycles. The standard InChI is InChI=1S/C17H18O/c1-3-17(18)16-11-7-10-15(12-16)13(2)14-8-5-4-6-9-14/h4-13H,3H2,1-2H3. The molecule has 0 spiro atoms. The van der Waals surface area contributed by atoms with Gasteiger partial charge in [0.1, 0.15) is 0 Å². The predicted octanol–water partition coefficient (Wildman–Crippen LogP) is 4.43. The van der Waals surface area contributed by atoms with Crippen LogP contribution in [0.4, 0.5) is 0 Å². The van der Waals surface area contributed by atoms with E-state index < -0.39 is 0 Å². The molecule has 0 N–H and O–H groups in total. The van der Waals surface area contributed by atoms with Crippen molar-refractivity contribution in [2.45, 2.75) is 26.2 Å². The largest absolute Gasteiger partial charge is 0.294 e. The van der Waals surface area contributed by atoms with Crippen molar-refractivity contribution in [3.8, 4) is 0 Å². The first kappa shape index (κ1) is 12.6. The molecule has 2 aromatic carbocycles. The molecule has 0 heterocycles. The zero-order valence-electron chi connectivity index (χ0n) is 10.9. The molecule has 1 nitrogen and oxygen atoms in total. The Morgan fingerprint density at radius 1 is 1.00 bits per heavy atom. The van der Waals surface area contributed by atoms with Crippen molar-refractivity contribution in [3.63, 3.8) is 0 Å². The van der Waals surface area contributed by atoms with E-state index in [1.807, 2.05) is 43.3 Å². The van der Waals surface area contributed by atoms with Crippen molar-refractivity contribution in [3.05, 3.63) is 71.3 Å². The summed E-state index contributed by atoms with van der Waals surface area (Å²) in [5.74, 6) is 0.521. The maximum absolute atomic E-state index is 11.7. The van der Waals surface area contributed by atoms with Gasteiger partial charge in [-0.25, -0.2) is 0 Å². The van der Waals surface area contributed by atoms with E-state index in [2.05, 4.69) is 25.1 Å². The summed E-state index contributed by atoms with van der Waals surface area (Å²) < 4.78 is 0. The third-order valence-electron chi connectivity index (χ3n) is 3.33. The third kappa shape index (κ3) is 2.67. The van der Waals surface area contributed by atoms with Gasteiger partial charge in [0.05, 0.1) is 0 Å². The molecule has 0 saturated heterocycles. The third-order valence-corrected chi connectivity index (χ3v) is 3.33. The van der Waals surface area contributed by atoms with Crippen LogP contribution in [0.25, 0.3) is 0 Å². The second-order valence-corrected chi connectivity index (χ2v) is 4.53. The highest BCUT2D eigenvalue weighted by molar-refractivity contribution is 5.96. The topological polar surface area (TPSA) is 17.1 Å². The summed E-state index contributed by atoms with van der Waals surface area (Å²) in [6.07, 6.45) is 0.559. The minimum atomic E-state index is 0.206. The van der Waals surface area contributed by atoms with Crippen molar-refractivity contribution in [1.29, 1.82) is 0 Å².